The molecule has 0 unspecified atom stereocenters. The van der Waals surface area contributed by atoms with Crippen molar-refractivity contribution in [3.8, 4) is 17.0 Å². The van der Waals surface area contributed by atoms with Gasteiger partial charge >= 0.3 is 0 Å². The SMILES string of the molecule is C[C@H](CNc1cc(-c2cnc3[nH]ncc3c2)ncn1)c1ccnc2c1OCC2.S. The second-order valence-electron chi connectivity index (χ2n) is 6.88. The Kier molecular flexibility index (Phi) is 5.30. The number of ether oxygens (including phenoxy) is 1. The number of hydrogen-bond donors (Lipinski definition) is 2. The number of nitrogens with one attached hydrogen (secondary N) is 2. The summed E-state index contributed by atoms with van der Waals surface area (Å²) in [7, 11) is 0. The molecule has 2 N–H and O–H groups in total. The Morgan fingerprint density at radius 1 is 1.17 bits per heavy atom. The molecule has 9 heteroatoms. The molecule has 0 radical (unpaired) electrons. The average molecular weight is 408 g/mol. The summed E-state index contributed by atoms with van der Waals surface area (Å²) in [6.07, 6.45) is 7.85. The Bertz CT molecular complexity index is 1150. The van der Waals surface area contributed by atoms with Crippen LogP contribution < -0.4 is 10.1 Å². The number of aromatic amines is 1. The Labute approximate surface area is 174 Å². The van der Waals surface area contributed by atoms with Crippen molar-refractivity contribution in [3.05, 3.63) is 54.4 Å². The minimum absolute atomic E-state index is 0. The first-order chi connectivity index (χ1) is 13.8. The van der Waals surface area contributed by atoms with Gasteiger partial charge in [-0.15, -0.1) is 0 Å². The molecule has 5 heterocycles. The van der Waals surface area contributed by atoms with Crippen molar-refractivity contribution < 1.29 is 4.74 Å². The van der Waals surface area contributed by atoms with Crippen LogP contribution >= 0.6 is 13.5 Å². The topological polar surface area (TPSA) is 102 Å². The lowest BCUT2D eigenvalue weighted by Gasteiger charge is -2.16. The lowest BCUT2D eigenvalue weighted by Crippen LogP contribution is -2.12. The summed E-state index contributed by atoms with van der Waals surface area (Å²) >= 11 is 0. The van der Waals surface area contributed by atoms with E-state index in [0.717, 1.165) is 52.5 Å². The normalized spacial score (nSPS) is 13.4. The molecule has 4 aromatic heterocycles. The molecule has 0 bridgehead atoms. The Hall–Kier alpha value is -3.20. The smallest absolute Gasteiger partial charge is 0.155 e. The first-order valence-corrected chi connectivity index (χ1v) is 9.24. The summed E-state index contributed by atoms with van der Waals surface area (Å²) in [4.78, 5) is 17.5. The van der Waals surface area contributed by atoms with E-state index in [0.29, 0.717) is 6.61 Å². The predicted molar refractivity (Wildman–Crippen MR) is 116 cm³/mol. The van der Waals surface area contributed by atoms with E-state index in [1.165, 1.54) is 5.56 Å². The van der Waals surface area contributed by atoms with Crippen LogP contribution in [-0.4, -0.2) is 43.3 Å². The third-order valence-corrected chi connectivity index (χ3v) is 4.97. The molecule has 0 saturated carbocycles. The number of H-pyrrole nitrogens is 1. The zero-order valence-electron chi connectivity index (χ0n) is 15.9. The van der Waals surface area contributed by atoms with Gasteiger partial charge in [0, 0.05) is 53.9 Å². The molecule has 0 aliphatic carbocycles. The summed E-state index contributed by atoms with van der Waals surface area (Å²) in [5.74, 6) is 1.98. The lowest BCUT2D eigenvalue weighted by molar-refractivity contribution is 0.352. The van der Waals surface area contributed by atoms with Crippen LogP contribution in [0.5, 0.6) is 5.75 Å². The molecule has 0 saturated heterocycles. The van der Waals surface area contributed by atoms with E-state index in [1.807, 2.05) is 24.4 Å². The maximum absolute atomic E-state index is 5.78. The fraction of sp³-hybridized carbons (Fsp3) is 0.250. The summed E-state index contributed by atoms with van der Waals surface area (Å²) in [5, 5.41) is 11.2. The molecular weight excluding hydrogens is 386 g/mol. The maximum Gasteiger partial charge on any atom is 0.155 e. The quantitative estimate of drug-likeness (QED) is 0.524. The van der Waals surface area contributed by atoms with E-state index in [1.54, 1.807) is 18.7 Å². The summed E-state index contributed by atoms with van der Waals surface area (Å²) in [6.45, 7) is 3.61. The van der Waals surface area contributed by atoms with Crippen molar-refractivity contribution in [2.45, 2.75) is 19.3 Å². The van der Waals surface area contributed by atoms with Gasteiger partial charge in [0.25, 0.3) is 0 Å². The summed E-state index contributed by atoms with van der Waals surface area (Å²) in [6, 6.07) is 5.98. The van der Waals surface area contributed by atoms with Gasteiger partial charge in [-0.1, -0.05) is 6.92 Å². The van der Waals surface area contributed by atoms with E-state index < -0.39 is 0 Å². The molecule has 0 aromatic carbocycles. The Morgan fingerprint density at radius 3 is 3.03 bits per heavy atom. The molecule has 1 aliphatic rings. The number of anilines is 1. The standard InChI is InChI=1S/C20H19N7O.H2S/c1-12(15-2-4-21-16-3-5-28-19(15)16)8-22-18-7-17(24-11-25-18)13-6-14-10-26-27-20(14)23-9-13;/h2,4,6-7,9-12H,3,5,8H2,1H3,(H,22,24,25)(H,23,26,27);1H2/t12-;/m1./s1. The molecule has 29 heavy (non-hydrogen) atoms. The second-order valence-corrected chi connectivity index (χ2v) is 6.88. The van der Waals surface area contributed by atoms with Crippen molar-refractivity contribution in [1.29, 1.82) is 0 Å². The highest BCUT2D eigenvalue weighted by Gasteiger charge is 2.20. The average Bonchev–Trinajstić information content (AvgIpc) is 3.40. The summed E-state index contributed by atoms with van der Waals surface area (Å²) < 4.78 is 5.78. The van der Waals surface area contributed by atoms with Crippen LogP contribution in [0.1, 0.15) is 24.1 Å². The number of fused-ring (bicyclic) bond motifs is 2. The van der Waals surface area contributed by atoms with Crippen molar-refractivity contribution in [3.63, 3.8) is 0 Å². The van der Waals surface area contributed by atoms with Gasteiger partial charge in [0.2, 0.25) is 0 Å². The maximum atomic E-state index is 5.78. The van der Waals surface area contributed by atoms with E-state index in [9.17, 15) is 0 Å². The minimum Gasteiger partial charge on any atom is -0.491 e. The molecule has 0 fully saturated rings. The van der Waals surface area contributed by atoms with Crippen LogP contribution in [0, 0.1) is 0 Å². The molecule has 0 amide bonds. The van der Waals surface area contributed by atoms with Gasteiger partial charge in [0.15, 0.2) is 5.65 Å². The lowest BCUT2D eigenvalue weighted by atomic mass is 10.00. The van der Waals surface area contributed by atoms with Crippen LogP contribution in [0.2, 0.25) is 0 Å². The molecule has 1 atom stereocenters. The van der Waals surface area contributed by atoms with Crippen LogP contribution in [0.3, 0.4) is 0 Å². The molecule has 0 spiro atoms. The molecular formula is C20H21N7OS. The van der Waals surface area contributed by atoms with Crippen molar-refractivity contribution in [2.24, 2.45) is 0 Å². The molecule has 1 aliphatic heterocycles. The third-order valence-electron chi connectivity index (χ3n) is 4.97. The van der Waals surface area contributed by atoms with E-state index >= 15 is 0 Å². The van der Waals surface area contributed by atoms with Crippen LogP contribution in [0.25, 0.3) is 22.3 Å². The fourth-order valence-corrected chi connectivity index (χ4v) is 3.45. The Balaban J connectivity index is 0.00000205. The minimum atomic E-state index is 0. The number of pyridine rings is 2. The van der Waals surface area contributed by atoms with E-state index in [2.05, 4.69) is 42.4 Å². The molecule has 8 nitrogen and oxygen atoms in total. The highest BCUT2D eigenvalue weighted by molar-refractivity contribution is 7.59. The Morgan fingerprint density at radius 2 is 2.10 bits per heavy atom. The monoisotopic (exact) mass is 407 g/mol. The zero-order valence-corrected chi connectivity index (χ0v) is 16.9. The van der Waals surface area contributed by atoms with Crippen molar-refractivity contribution >= 4 is 30.3 Å². The molecule has 4 aromatic rings. The van der Waals surface area contributed by atoms with Gasteiger partial charge in [0.1, 0.15) is 17.9 Å². The van der Waals surface area contributed by atoms with Crippen LogP contribution in [0.15, 0.2) is 43.1 Å². The van der Waals surface area contributed by atoms with Crippen molar-refractivity contribution in [1.82, 2.24) is 30.1 Å². The van der Waals surface area contributed by atoms with Crippen LogP contribution in [-0.2, 0) is 6.42 Å². The first kappa shape index (κ1) is 19.1. The largest absolute Gasteiger partial charge is 0.491 e. The van der Waals surface area contributed by atoms with Crippen molar-refractivity contribution in [2.75, 3.05) is 18.5 Å². The molecule has 5 rings (SSSR count). The van der Waals surface area contributed by atoms with Crippen LogP contribution in [0.4, 0.5) is 5.82 Å². The third kappa shape index (κ3) is 3.73. The first-order valence-electron chi connectivity index (χ1n) is 9.24. The number of hydrogen-bond acceptors (Lipinski definition) is 7. The van der Waals surface area contributed by atoms with Gasteiger partial charge in [0.05, 0.1) is 24.2 Å². The number of aromatic nitrogens is 6. The fourth-order valence-electron chi connectivity index (χ4n) is 3.45. The van der Waals surface area contributed by atoms with Gasteiger partial charge < -0.3 is 10.1 Å². The van der Waals surface area contributed by atoms with Gasteiger partial charge in [-0.2, -0.15) is 18.6 Å². The van der Waals surface area contributed by atoms with Gasteiger partial charge in [-0.05, 0) is 12.1 Å². The predicted octanol–water partition coefficient (Wildman–Crippen LogP) is 3.07. The molecule has 148 valence electrons. The zero-order chi connectivity index (χ0) is 18.9. The second kappa shape index (κ2) is 8.04. The summed E-state index contributed by atoms with van der Waals surface area (Å²) in [5.41, 5.74) is 4.73. The highest BCUT2D eigenvalue weighted by atomic mass is 32.1. The van der Waals surface area contributed by atoms with E-state index in [-0.39, 0.29) is 19.4 Å². The highest BCUT2D eigenvalue weighted by Crippen LogP contribution is 2.33. The van der Waals surface area contributed by atoms with Gasteiger partial charge in [-0.3, -0.25) is 10.1 Å². The number of rotatable bonds is 5. The van der Waals surface area contributed by atoms with E-state index in [4.69, 9.17) is 4.74 Å². The van der Waals surface area contributed by atoms with Gasteiger partial charge in [-0.25, -0.2) is 15.0 Å². The number of nitrogens with zero attached hydrogens (tertiary/aromatic N) is 5.